The van der Waals surface area contributed by atoms with E-state index in [1.54, 1.807) is 12.1 Å². The Morgan fingerprint density at radius 2 is 1.85 bits per heavy atom. The summed E-state index contributed by atoms with van der Waals surface area (Å²) in [6.45, 7) is 1.89. The van der Waals surface area contributed by atoms with Gasteiger partial charge >= 0.3 is 0 Å². The van der Waals surface area contributed by atoms with Crippen LogP contribution in [0.25, 0.3) is 11.3 Å². The second kappa shape index (κ2) is 10.4. The first kappa shape index (κ1) is 25.3. The second-order valence-electron chi connectivity index (χ2n) is 7.81. The van der Waals surface area contributed by atoms with Crippen molar-refractivity contribution in [3.63, 3.8) is 0 Å². The first-order valence-corrected chi connectivity index (χ1v) is 12.8. The maximum atomic E-state index is 13.7. The van der Waals surface area contributed by atoms with Gasteiger partial charge in [0.05, 0.1) is 35.1 Å². The van der Waals surface area contributed by atoms with Gasteiger partial charge in [0.25, 0.3) is 0 Å². The molecule has 5 atom stereocenters. The van der Waals surface area contributed by atoms with Crippen LogP contribution in [0.4, 0.5) is 13.2 Å². The van der Waals surface area contributed by atoms with E-state index in [4.69, 9.17) is 27.9 Å². The molecule has 184 valence electrons. The van der Waals surface area contributed by atoms with Crippen molar-refractivity contribution in [1.29, 1.82) is 0 Å². The van der Waals surface area contributed by atoms with Crippen molar-refractivity contribution >= 4 is 34.1 Å². The highest BCUT2D eigenvalue weighted by molar-refractivity contribution is 8.17. The van der Waals surface area contributed by atoms with Gasteiger partial charge in [-0.2, -0.15) is 0 Å². The molecular formula is C22H22Cl2F3N3O3S. The largest absolute Gasteiger partial charge is 0.395 e. The first-order chi connectivity index (χ1) is 16.2. The van der Waals surface area contributed by atoms with Crippen molar-refractivity contribution in [1.82, 2.24) is 15.0 Å². The highest BCUT2D eigenvalue weighted by Crippen LogP contribution is 2.51. The summed E-state index contributed by atoms with van der Waals surface area (Å²) < 4.78 is 48.0. The lowest BCUT2D eigenvalue weighted by Gasteiger charge is -2.46. The summed E-state index contributed by atoms with van der Waals surface area (Å²) in [5.41, 5.74) is 0.0933. The number of halogens is 5. The fourth-order valence-electron chi connectivity index (χ4n) is 4.19. The van der Waals surface area contributed by atoms with Gasteiger partial charge in [-0.05, 0) is 42.2 Å². The van der Waals surface area contributed by atoms with E-state index in [2.05, 4.69) is 10.3 Å². The van der Waals surface area contributed by atoms with E-state index >= 15 is 0 Å². The molecule has 3 aromatic rings. The summed E-state index contributed by atoms with van der Waals surface area (Å²) >= 11 is 12.2. The Balaban J connectivity index is 1.69. The van der Waals surface area contributed by atoms with Crippen molar-refractivity contribution in [3.8, 4) is 11.3 Å². The number of aliphatic hydroxyl groups is 2. The van der Waals surface area contributed by atoms with E-state index in [-0.39, 0.29) is 17.9 Å². The van der Waals surface area contributed by atoms with E-state index in [0.29, 0.717) is 22.4 Å². The van der Waals surface area contributed by atoms with Gasteiger partial charge < -0.3 is 14.9 Å². The highest BCUT2D eigenvalue weighted by Gasteiger charge is 2.45. The van der Waals surface area contributed by atoms with Crippen molar-refractivity contribution in [2.24, 2.45) is 0 Å². The molecule has 0 aliphatic carbocycles. The third-order valence-corrected chi connectivity index (χ3v) is 9.50. The number of thiol groups is 1. The molecule has 2 heterocycles. The van der Waals surface area contributed by atoms with Crippen molar-refractivity contribution in [3.05, 3.63) is 64.0 Å². The van der Waals surface area contributed by atoms with Crippen LogP contribution in [-0.4, -0.2) is 61.6 Å². The van der Waals surface area contributed by atoms with Gasteiger partial charge in [-0.3, -0.25) is 0 Å². The Hall–Kier alpha value is -1.82. The zero-order valence-electron chi connectivity index (χ0n) is 17.9. The summed E-state index contributed by atoms with van der Waals surface area (Å²) in [7, 11) is -1.09. The lowest BCUT2D eigenvalue weighted by molar-refractivity contribution is -0.0298. The molecule has 4 rings (SSSR count). The van der Waals surface area contributed by atoms with Crippen LogP contribution in [0, 0.1) is 17.5 Å². The number of rotatable bonds is 6. The van der Waals surface area contributed by atoms with E-state index in [0.717, 1.165) is 17.0 Å². The number of hydrogen-bond acceptors (Lipinski definition) is 5. The van der Waals surface area contributed by atoms with Crippen LogP contribution in [0.3, 0.4) is 0 Å². The SMILES string of the molecule is CCO[C@H]1C[SH](c2ccc(Cl)c(Cl)c2)[C@H](CO)[C@H](O)[C@@H]1n1cc(-c2cc(F)c(F)c(F)c2)nn1. The smallest absolute Gasteiger partial charge is 0.194 e. The molecule has 0 bridgehead atoms. The van der Waals surface area contributed by atoms with Crippen molar-refractivity contribution in [2.75, 3.05) is 19.0 Å². The van der Waals surface area contributed by atoms with Crippen LogP contribution in [-0.2, 0) is 4.74 Å². The fraction of sp³-hybridized carbons (Fsp3) is 0.364. The monoisotopic (exact) mass is 535 g/mol. The number of nitrogens with zero attached hydrogens (tertiary/aromatic N) is 3. The van der Waals surface area contributed by atoms with Crippen LogP contribution in [0.15, 0.2) is 41.4 Å². The number of aromatic nitrogens is 3. The molecule has 34 heavy (non-hydrogen) atoms. The molecule has 0 radical (unpaired) electrons. The van der Waals surface area contributed by atoms with Gasteiger partial charge in [-0.25, -0.2) is 28.7 Å². The van der Waals surface area contributed by atoms with Crippen LogP contribution >= 0.6 is 34.1 Å². The summed E-state index contributed by atoms with van der Waals surface area (Å²) in [5.74, 6) is -3.77. The van der Waals surface area contributed by atoms with Gasteiger partial charge in [0.1, 0.15) is 11.7 Å². The highest BCUT2D eigenvalue weighted by atomic mass is 35.5. The standard InChI is InChI=1S/C22H22Cl2F3N3O3S/c1-2-33-18-10-34(12-3-4-13(23)14(24)7-12)19(9-31)22(32)21(18)30-8-17(28-29-30)11-5-15(25)20(27)16(26)6-11/h3-8,18-19,21-22,31-32,34H,2,9-10H2,1H3/t18-,19+,21+,22-/m0/s1. The topological polar surface area (TPSA) is 80.4 Å². The molecule has 2 N–H and O–H groups in total. The van der Waals surface area contributed by atoms with Gasteiger partial charge in [0, 0.05) is 23.2 Å². The molecule has 1 fully saturated rings. The van der Waals surface area contributed by atoms with Crippen molar-refractivity contribution < 1.29 is 28.1 Å². The lowest BCUT2D eigenvalue weighted by Crippen LogP contribution is -2.50. The third kappa shape index (κ3) is 4.80. The molecule has 1 saturated heterocycles. The predicted molar refractivity (Wildman–Crippen MR) is 125 cm³/mol. The van der Waals surface area contributed by atoms with E-state index in [9.17, 15) is 23.4 Å². The Bertz CT molecular complexity index is 1160. The molecule has 0 saturated carbocycles. The molecule has 0 amide bonds. The summed E-state index contributed by atoms with van der Waals surface area (Å²) in [4.78, 5) is 0.863. The van der Waals surface area contributed by atoms with Gasteiger partial charge in [-0.15, -0.1) is 5.10 Å². The molecule has 1 aliphatic heterocycles. The third-order valence-electron chi connectivity index (χ3n) is 5.80. The van der Waals surface area contributed by atoms with E-state index in [1.807, 2.05) is 13.0 Å². The Morgan fingerprint density at radius 3 is 2.47 bits per heavy atom. The van der Waals surface area contributed by atoms with Crippen LogP contribution in [0.2, 0.25) is 10.0 Å². The number of benzene rings is 2. The van der Waals surface area contributed by atoms with Gasteiger partial charge in [0.15, 0.2) is 17.5 Å². The molecule has 1 unspecified atom stereocenters. The molecule has 12 heteroatoms. The summed E-state index contributed by atoms with van der Waals surface area (Å²) in [5, 5.41) is 29.7. The molecule has 0 spiro atoms. The van der Waals surface area contributed by atoms with E-state index in [1.165, 1.54) is 10.9 Å². The Kier molecular flexibility index (Phi) is 7.75. The zero-order valence-corrected chi connectivity index (χ0v) is 20.3. The van der Waals surface area contributed by atoms with Gasteiger partial charge in [0.2, 0.25) is 0 Å². The number of ether oxygens (including phenoxy) is 1. The Morgan fingerprint density at radius 1 is 1.15 bits per heavy atom. The predicted octanol–water partition coefficient (Wildman–Crippen LogP) is 4.41. The zero-order chi connectivity index (χ0) is 24.6. The maximum absolute atomic E-state index is 13.7. The summed E-state index contributed by atoms with van der Waals surface area (Å²) in [6.07, 6.45) is -0.167. The average molecular weight is 536 g/mol. The lowest BCUT2D eigenvalue weighted by atomic mass is 10.0. The Labute approximate surface area is 206 Å². The van der Waals surface area contributed by atoms with Crippen LogP contribution < -0.4 is 0 Å². The minimum atomic E-state index is -1.57. The molecule has 2 aromatic carbocycles. The normalized spacial score (nSPS) is 26.1. The molecule has 1 aliphatic rings. The van der Waals surface area contributed by atoms with Gasteiger partial charge in [-0.1, -0.05) is 28.4 Å². The summed E-state index contributed by atoms with van der Waals surface area (Å²) in [6, 6.07) is 6.15. The fourth-order valence-corrected chi connectivity index (χ4v) is 7.44. The van der Waals surface area contributed by atoms with Crippen molar-refractivity contribution in [2.45, 2.75) is 35.3 Å². The molecule has 6 nitrogen and oxygen atoms in total. The average Bonchev–Trinajstić information content (AvgIpc) is 3.28. The molecule has 1 aromatic heterocycles. The number of aliphatic hydroxyl groups excluding tert-OH is 2. The van der Waals surface area contributed by atoms with Crippen LogP contribution in [0.5, 0.6) is 0 Å². The first-order valence-electron chi connectivity index (χ1n) is 10.4. The quantitative estimate of drug-likeness (QED) is 0.321. The van der Waals surface area contributed by atoms with E-state index < -0.39 is 51.8 Å². The van der Waals surface area contributed by atoms with Crippen LogP contribution in [0.1, 0.15) is 13.0 Å². The molecular weight excluding hydrogens is 514 g/mol. The minimum Gasteiger partial charge on any atom is -0.395 e. The number of hydrogen-bond donors (Lipinski definition) is 3. The maximum Gasteiger partial charge on any atom is 0.194 e. The minimum absolute atomic E-state index is 0.00215. The second-order valence-corrected chi connectivity index (χ2v) is 11.1.